The van der Waals surface area contributed by atoms with Gasteiger partial charge in [-0.05, 0) is 0 Å². The van der Waals surface area contributed by atoms with Crippen molar-refractivity contribution in [1.82, 2.24) is 0 Å². The Morgan fingerprint density at radius 1 is 1.40 bits per heavy atom. The van der Waals surface area contributed by atoms with Gasteiger partial charge in [0.1, 0.15) is 0 Å². The maximum atomic E-state index is 3.27. The van der Waals surface area contributed by atoms with Gasteiger partial charge in [-0.1, -0.05) is 29.8 Å². The van der Waals surface area contributed by atoms with Crippen LogP contribution in [0.5, 0.6) is 0 Å². The third-order valence-electron chi connectivity index (χ3n) is 0. The van der Waals surface area contributed by atoms with Crippen molar-refractivity contribution in [2.45, 2.75) is 18.7 Å². The second-order valence-electron chi connectivity index (χ2n) is 1.01. The molecule has 0 fully saturated rings. The fourth-order valence-corrected chi connectivity index (χ4v) is 0. The van der Waals surface area contributed by atoms with Crippen molar-refractivity contribution in [3.8, 4) is 0 Å². The van der Waals surface area contributed by atoms with E-state index < -0.39 is 0 Å². The predicted octanol–water partition coefficient (Wildman–Crippen LogP) is 1.14. The fraction of sp³-hybridized carbons (Fsp3) is 1.00. The first-order valence-electron chi connectivity index (χ1n) is 1.37. The summed E-state index contributed by atoms with van der Waals surface area (Å²) < 4.78 is 0. The van der Waals surface area contributed by atoms with Gasteiger partial charge in [-0.3, -0.25) is 0 Å². The van der Waals surface area contributed by atoms with Gasteiger partial charge in [0.2, 0.25) is 0 Å². The Morgan fingerprint density at radius 3 is 1.40 bits per heavy atom. The van der Waals surface area contributed by atoms with Crippen LogP contribution in [0.1, 0.15) is 13.8 Å². The van der Waals surface area contributed by atoms with E-state index in [-0.39, 0.29) is 51.4 Å². The number of alkyl halides is 1. The Labute approximate surface area is 84.3 Å². The van der Waals surface area contributed by atoms with Gasteiger partial charge in [0.05, 0.1) is 0 Å². The molecule has 0 aliphatic carbocycles. The van der Waals surface area contributed by atoms with Crippen molar-refractivity contribution in [3.63, 3.8) is 0 Å². The molecule has 0 aliphatic rings. The molecule has 2 heteroatoms. The molecule has 0 nitrogen and oxygen atoms in total. The third kappa shape index (κ3) is 23.1. The van der Waals surface area contributed by atoms with Crippen molar-refractivity contribution < 1.29 is 0 Å². The summed E-state index contributed by atoms with van der Waals surface area (Å²) in [4.78, 5) is 0.646. The summed E-state index contributed by atoms with van der Waals surface area (Å²) in [6, 6.07) is 0. The first-order valence-corrected chi connectivity index (χ1v) is 2.29. The molecule has 28 valence electrons. The summed E-state index contributed by atoms with van der Waals surface area (Å²) in [6.07, 6.45) is 0. The quantitative estimate of drug-likeness (QED) is 0.371. The molecule has 0 aromatic carbocycles. The molecule has 5 heavy (non-hydrogen) atoms. The summed E-state index contributed by atoms with van der Waals surface area (Å²) in [6.45, 7) is 4.17. The zero-order valence-electron chi connectivity index (χ0n) is 2.96. The normalized spacial score (nSPS) is 7.20. The summed E-state index contributed by atoms with van der Waals surface area (Å²) in [5.41, 5.74) is 0. The van der Waals surface area contributed by atoms with Crippen LogP contribution in [-0.4, -0.2) is 56.2 Å². The second-order valence-corrected chi connectivity index (χ2v) is 2.85. The molecule has 0 aromatic heterocycles. The third-order valence-corrected chi connectivity index (χ3v) is 0. The van der Waals surface area contributed by atoms with E-state index >= 15 is 0 Å². The van der Waals surface area contributed by atoms with Crippen molar-refractivity contribution in [2.75, 3.05) is 0 Å². The van der Waals surface area contributed by atoms with E-state index in [9.17, 15) is 0 Å². The molecular formula is C3H8BrK. The molecule has 0 saturated carbocycles. The Hall–Kier alpha value is 2.12. The average Bonchev–Trinajstić information content (AvgIpc) is 0.811. The molecule has 0 spiro atoms. The molecule has 0 aliphatic heterocycles. The van der Waals surface area contributed by atoms with Crippen LogP contribution in [0.4, 0.5) is 0 Å². The zero-order valence-corrected chi connectivity index (χ0v) is 4.54. The summed E-state index contributed by atoms with van der Waals surface area (Å²) in [5.74, 6) is 0. The van der Waals surface area contributed by atoms with Crippen LogP contribution in [0.15, 0.2) is 0 Å². The molecule has 0 N–H and O–H groups in total. The van der Waals surface area contributed by atoms with Gasteiger partial charge in [0.15, 0.2) is 0 Å². The van der Waals surface area contributed by atoms with Crippen molar-refractivity contribution in [2.24, 2.45) is 0 Å². The predicted molar refractivity (Wildman–Crippen MR) is 31.2 cm³/mol. The number of hydrogen-bond donors (Lipinski definition) is 0. The topological polar surface area (TPSA) is 0 Å². The summed E-state index contributed by atoms with van der Waals surface area (Å²) >= 11 is 3.27. The molecule has 0 atom stereocenters. The van der Waals surface area contributed by atoms with Crippen molar-refractivity contribution in [3.05, 3.63) is 0 Å². The van der Waals surface area contributed by atoms with Crippen molar-refractivity contribution in [1.29, 1.82) is 0 Å². The van der Waals surface area contributed by atoms with E-state index in [1.165, 1.54) is 0 Å². The first-order chi connectivity index (χ1) is 1.73. The molecule has 0 rings (SSSR count). The number of halogens is 1. The standard InChI is InChI=1S/C3H7Br.K.H/c1-3(2)4;;/h3H,1-2H3;;. The molecule has 0 heterocycles. The fourth-order valence-electron chi connectivity index (χ4n) is 0. The SMILES string of the molecule is CC(C)Br.[KH]. The van der Waals surface area contributed by atoms with Crippen LogP contribution in [0.25, 0.3) is 0 Å². The van der Waals surface area contributed by atoms with E-state index in [2.05, 4.69) is 29.8 Å². The van der Waals surface area contributed by atoms with Crippen molar-refractivity contribution >= 4 is 67.3 Å². The molecule has 0 saturated heterocycles. The molecule has 0 unspecified atom stereocenters. The number of rotatable bonds is 0. The van der Waals surface area contributed by atoms with E-state index in [0.717, 1.165) is 0 Å². The van der Waals surface area contributed by atoms with Gasteiger partial charge in [-0.25, -0.2) is 0 Å². The maximum absolute atomic E-state index is 3.27. The monoisotopic (exact) mass is 162 g/mol. The Kier molecular flexibility index (Phi) is 12.4. The molecular weight excluding hydrogens is 155 g/mol. The summed E-state index contributed by atoms with van der Waals surface area (Å²) in [7, 11) is 0. The minimum atomic E-state index is 0. The van der Waals surface area contributed by atoms with Gasteiger partial charge in [-0.15, -0.1) is 0 Å². The van der Waals surface area contributed by atoms with Gasteiger partial charge in [0.25, 0.3) is 0 Å². The summed E-state index contributed by atoms with van der Waals surface area (Å²) in [5, 5.41) is 0. The van der Waals surface area contributed by atoms with Crippen LogP contribution in [-0.2, 0) is 0 Å². The van der Waals surface area contributed by atoms with E-state index in [0.29, 0.717) is 4.83 Å². The second kappa shape index (κ2) is 6.12. The minimum absolute atomic E-state index is 0. The van der Waals surface area contributed by atoms with E-state index in [1.807, 2.05) is 0 Å². The number of hydrogen-bond acceptors (Lipinski definition) is 0. The van der Waals surface area contributed by atoms with E-state index in [4.69, 9.17) is 0 Å². The first kappa shape index (κ1) is 10.2. The van der Waals surface area contributed by atoms with Crippen LogP contribution in [0.2, 0.25) is 0 Å². The average molecular weight is 163 g/mol. The van der Waals surface area contributed by atoms with Crippen LogP contribution in [0.3, 0.4) is 0 Å². The Bertz CT molecular complexity index is 11.6. The Balaban J connectivity index is 0. The van der Waals surface area contributed by atoms with E-state index in [1.54, 1.807) is 0 Å². The molecule has 0 amide bonds. The van der Waals surface area contributed by atoms with Crippen LogP contribution < -0.4 is 0 Å². The van der Waals surface area contributed by atoms with Gasteiger partial charge in [-0.2, -0.15) is 0 Å². The van der Waals surface area contributed by atoms with Gasteiger partial charge in [0, 0.05) is 4.83 Å². The molecule has 0 radical (unpaired) electrons. The van der Waals surface area contributed by atoms with Crippen LogP contribution >= 0.6 is 15.9 Å². The zero-order chi connectivity index (χ0) is 3.58. The van der Waals surface area contributed by atoms with Gasteiger partial charge < -0.3 is 0 Å². The van der Waals surface area contributed by atoms with Gasteiger partial charge >= 0.3 is 51.4 Å². The molecule has 0 bridgehead atoms. The molecule has 0 aromatic rings. The van der Waals surface area contributed by atoms with Crippen LogP contribution in [0, 0.1) is 0 Å². The Morgan fingerprint density at radius 2 is 1.40 bits per heavy atom.